The number of nitrogens with zero attached hydrogens (tertiary/aromatic N) is 3. The normalized spacial score (nSPS) is 12.2. The van der Waals surface area contributed by atoms with Crippen LogP contribution in [0.2, 0.25) is 0 Å². The molecule has 0 aliphatic carbocycles. The largest absolute Gasteiger partial charge is 0.345 e. The SMILES string of the molecule is CCC(C)N(C)CCC(=O)N(C)CCC#N. The molecule has 1 atom stereocenters. The van der Waals surface area contributed by atoms with Crippen LogP contribution < -0.4 is 0 Å². The summed E-state index contributed by atoms with van der Waals surface area (Å²) in [5.74, 6) is 0.116. The average molecular weight is 225 g/mol. The Bertz CT molecular complexity index is 247. The molecule has 4 heteroatoms. The van der Waals surface area contributed by atoms with Gasteiger partial charge in [-0.1, -0.05) is 6.92 Å². The molecule has 0 aliphatic rings. The predicted molar refractivity (Wildman–Crippen MR) is 64.9 cm³/mol. The first kappa shape index (κ1) is 14.9. The third-order valence-electron chi connectivity index (χ3n) is 3.01. The summed E-state index contributed by atoms with van der Waals surface area (Å²) in [7, 11) is 3.79. The number of amides is 1. The monoisotopic (exact) mass is 225 g/mol. The van der Waals surface area contributed by atoms with E-state index < -0.39 is 0 Å². The molecule has 0 saturated carbocycles. The molecule has 0 bridgehead atoms. The van der Waals surface area contributed by atoms with Crippen molar-refractivity contribution >= 4 is 5.91 Å². The molecule has 0 rings (SSSR count). The van der Waals surface area contributed by atoms with E-state index in [2.05, 4.69) is 18.7 Å². The van der Waals surface area contributed by atoms with Crippen molar-refractivity contribution < 1.29 is 4.79 Å². The maximum absolute atomic E-state index is 11.7. The van der Waals surface area contributed by atoms with Gasteiger partial charge < -0.3 is 9.80 Å². The van der Waals surface area contributed by atoms with E-state index >= 15 is 0 Å². The van der Waals surface area contributed by atoms with E-state index in [1.165, 1.54) is 0 Å². The van der Waals surface area contributed by atoms with Crippen molar-refractivity contribution in [2.24, 2.45) is 0 Å². The highest BCUT2D eigenvalue weighted by Gasteiger charge is 2.11. The topological polar surface area (TPSA) is 47.3 Å². The second-order valence-electron chi connectivity index (χ2n) is 4.21. The van der Waals surface area contributed by atoms with E-state index in [0.717, 1.165) is 13.0 Å². The predicted octanol–water partition coefficient (Wildman–Crippen LogP) is 1.48. The maximum atomic E-state index is 11.7. The van der Waals surface area contributed by atoms with Crippen LogP contribution in [0.25, 0.3) is 0 Å². The van der Waals surface area contributed by atoms with Crippen molar-refractivity contribution in [2.75, 3.05) is 27.2 Å². The number of carbonyl (C=O) groups excluding carboxylic acids is 1. The Hall–Kier alpha value is -1.08. The van der Waals surface area contributed by atoms with Gasteiger partial charge in [-0.25, -0.2) is 0 Å². The number of nitriles is 1. The minimum absolute atomic E-state index is 0.116. The number of rotatable bonds is 7. The van der Waals surface area contributed by atoms with Gasteiger partial charge in [-0.3, -0.25) is 4.79 Å². The van der Waals surface area contributed by atoms with Crippen molar-refractivity contribution in [1.82, 2.24) is 9.80 Å². The fourth-order valence-electron chi connectivity index (χ4n) is 1.34. The van der Waals surface area contributed by atoms with Crippen molar-refractivity contribution in [3.63, 3.8) is 0 Å². The number of hydrogen-bond acceptors (Lipinski definition) is 3. The van der Waals surface area contributed by atoms with Crippen LogP contribution in [0.15, 0.2) is 0 Å². The Morgan fingerprint density at radius 3 is 2.50 bits per heavy atom. The summed E-state index contributed by atoms with van der Waals surface area (Å²) >= 11 is 0. The summed E-state index contributed by atoms with van der Waals surface area (Å²) in [6.45, 7) is 5.61. The Morgan fingerprint density at radius 2 is 2.00 bits per heavy atom. The van der Waals surface area contributed by atoms with Crippen molar-refractivity contribution in [3.05, 3.63) is 0 Å². The van der Waals surface area contributed by atoms with Crippen LogP contribution in [-0.4, -0.2) is 48.9 Å². The van der Waals surface area contributed by atoms with Gasteiger partial charge in [0.1, 0.15) is 0 Å². The maximum Gasteiger partial charge on any atom is 0.223 e. The van der Waals surface area contributed by atoms with E-state index in [-0.39, 0.29) is 5.91 Å². The van der Waals surface area contributed by atoms with Crippen molar-refractivity contribution in [1.29, 1.82) is 5.26 Å². The van der Waals surface area contributed by atoms with Gasteiger partial charge in [-0.05, 0) is 20.4 Å². The van der Waals surface area contributed by atoms with Crippen LogP contribution in [-0.2, 0) is 4.79 Å². The smallest absolute Gasteiger partial charge is 0.223 e. The van der Waals surface area contributed by atoms with Crippen LogP contribution in [0.5, 0.6) is 0 Å². The molecule has 0 aromatic heterocycles. The second-order valence-corrected chi connectivity index (χ2v) is 4.21. The lowest BCUT2D eigenvalue weighted by Gasteiger charge is -2.24. The lowest BCUT2D eigenvalue weighted by molar-refractivity contribution is -0.130. The lowest BCUT2D eigenvalue weighted by atomic mass is 10.2. The minimum atomic E-state index is 0.116. The fraction of sp³-hybridized carbons (Fsp3) is 0.833. The van der Waals surface area contributed by atoms with Crippen LogP contribution in [0.3, 0.4) is 0 Å². The van der Waals surface area contributed by atoms with Crippen LogP contribution in [0.4, 0.5) is 0 Å². The summed E-state index contributed by atoms with van der Waals surface area (Å²) < 4.78 is 0. The zero-order valence-corrected chi connectivity index (χ0v) is 10.9. The average Bonchev–Trinajstić information content (AvgIpc) is 2.31. The molecule has 0 N–H and O–H groups in total. The molecule has 1 unspecified atom stereocenters. The fourth-order valence-corrected chi connectivity index (χ4v) is 1.34. The zero-order valence-electron chi connectivity index (χ0n) is 10.9. The number of carbonyl (C=O) groups is 1. The quantitative estimate of drug-likeness (QED) is 0.659. The van der Waals surface area contributed by atoms with E-state index in [1.54, 1.807) is 11.9 Å². The van der Waals surface area contributed by atoms with E-state index in [0.29, 0.717) is 25.4 Å². The standard InChI is InChI=1S/C12H23N3O/c1-5-11(2)14(3)10-7-12(16)15(4)9-6-8-13/h11H,5-7,9-10H2,1-4H3. The molecule has 0 spiro atoms. The third-order valence-corrected chi connectivity index (χ3v) is 3.01. The zero-order chi connectivity index (χ0) is 12.6. The van der Waals surface area contributed by atoms with Crippen LogP contribution in [0.1, 0.15) is 33.1 Å². The van der Waals surface area contributed by atoms with Gasteiger partial charge in [0.2, 0.25) is 5.91 Å². The van der Waals surface area contributed by atoms with Gasteiger partial charge in [0.15, 0.2) is 0 Å². The molecule has 0 fully saturated rings. The molecule has 0 radical (unpaired) electrons. The molecular formula is C12H23N3O. The highest BCUT2D eigenvalue weighted by atomic mass is 16.2. The summed E-state index contributed by atoms with van der Waals surface area (Å²) in [4.78, 5) is 15.5. The summed E-state index contributed by atoms with van der Waals surface area (Å²) in [5.41, 5.74) is 0. The van der Waals surface area contributed by atoms with E-state index in [1.807, 2.05) is 13.1 Å². The summed E-state index contributed by atoms with van der Waals surface area (Å²) in [6.07, 6.45) is 2.03. The Kier molecular flexibility index (Phi) is 7.57. The third kappa shape index (κ3) is 5.72. The van der Waals surface area contributed by atoms with Gasteiger partial charge in [0, 0.05) is 32.6 Å². The second kappa shape index (κ2) is 8.12. The highest BCUT2D eigenvalue weighted by molar-refractivity contribution is 5.76. The first-order chi connectivity index (χ1) is 7.52. The van der Waals surface area contributed by atoms with E-state index in [4.69, 9.17) is 5.26 Å². The Morgan fingerprint density at radius 1 is 1.38 bits per heavy atom. The molecule has 4 nitrogen and oxygen atoms in total. The summed E-state index contributed by atoms with van der Waals surface area (Å²) in [6, 6.07) is 2.55. The molecule has 16 heavy (non-hydrogen) atoms. The molecule has 92 valence electrons. The van der Waals surface area contributed by atoms with Crippen molar-refractivity contribution in [3.8, 4) is 6.07 Å². The molecule has 0 aliphatic heterocycles. The first-order valence-corrected chi connectivity index (χ1v) is 5.84. The molecule has 0 aromatic rings. The van der Waals surface area contributed by atoms with Gasteiger partial charge >= 0.3 is 0 Å². The molecule has 1 amide bonds. The Balaban J connectivity index is 3.84. The molecule has 0 heterocycles. The lowest BCUT2D eigenvalue weighted by Crippen LogP contribution is -2.34. The number of hydrogen-bond donors (Lipinski definition) is 0. The van der Waals surface area contributed by atoms with Crippen LogP contribution in [0, 0.1) is 11.3 Å². The van der Waals surface area contributed by atoms with Gasteiger partial charge in [0.05, 0.1) is 12.5 Å². The highest BCUT2D eigenvalue weighted by Crippen LogP contribution is 2.02. The molecular weight excluding hydrogens is 202 g/mol. The Labute approximate surface area is 98.8 Å². The molecule has 0 saturated heterocycles. The van der Waals surface area contributed by atoms with Gasteiger partial charge in [0.25, 0.3) is 0 Å². The van der Waals surface area contributed by atoms with Crippen LogP contribution >= 0.6 is 0 Å². The van der Waals surface area contributed by atoms with Gasteiger partial charge in [-0.2, -0.15) is 5.26 Å². The molecule has 0 aromatic carbocycles. The van der Waals surface area contributed by atoms with Gasteiger partial charge in [-0.15, -0.1) is 0 Å². The minimum Gasteiger partial charge on any atom is -0.345 e. The van der Waals surface area contributed by atoms with E-state index in [9.17, 15) is 4.79 Å². The first-order valence-electron chi connectivity index (χ1n) is 5.84. The summed E-state index contributed by atoms with van der Waals surface area (Å²) in [5, 5.41) is 8.42. The van der Waals surface area contributed by atoms with Crippen molar-refractivity contribution in [2.45, 2.75) is 39.2 Å².